The highest BCUT2D eigenvalue weighted by molar-refractivity contribution is 5.71. The first kappa shape index (κ1) is 13.8. The molecule has 5 heteroatoms. The van der Waals surface area contributed by atoms with Crippen molar-refractivity contribution in [1.29, 1.82) is 5.26 Å². The van der Waals surface area contributed by atoms with Crippen LogP contribution in [-0.2, 0) is 11.2 Å². The lowest BCUT2D eigenvalue weighted by Gasteiger charge is -2.12. The van der Waals surface area contributed by atoms with Gasteiger partial charge in [-0.2, -0.15) is 5.26 Å². The minimum atomic E-state index is 0.445. The highest BCUT2D eigenvalue weighted by Crippen LogP contribution is 2.24. The van der Waals surface area contributed by atoms with Crippen molar-refractivity contribution >= 4 is 17.2 Å². The molecule has 2 rings (SSSR count). The van der Waals surface area contributed by atoms with Gasteiger partial charge in [-0.05, 0) is 24.1 Å². The average Bonchev–Trinajstić information content (AvgIpc) is 2.48. The van der Waals surface area contributed by atoms with Crippen LogP contribution in [-0.4, -0.2) is 18.7 Å². The van der Waals surface area contributed by atoms with Crippen LogP contribution in [0.25, 0.3) is 0 Å². The number of anilines is 3. The van der Waals surface area contributed by atoms with E-state index < -0.39 is 0 Å². The van der Waals surface area contributed by atoms with Gasteiger partial charge in [0, 0.05) is 19.0 Å². The number of rotatable bonds is 5. The molecule has 0 aliphatic carbocycles. The predicted octanol–water partition coefficient (Wildman–Crippen LogP) is 2.47. The monoisotopic (exact) mass is 268 g/mol. The normalized spacial score (nSPS) is 10.0. The van der Waals surface area contributed by atoms with Crippen LogP contribution in [0, 0.1) is 11.3 Å². The molecule has 0 saturated heterocycles. The molecule has 20 heavy (non-hydrogen) atoms. The Morgan fingerprint density at radius 3 is 2.90 bits per heavy atom. The van der Waals surface area contributed by atoms with Crippen LogP contribution in [0.5, 0.6) is 0 Å². The number of benzene rings is 1. The number of methoxy groups -OCH3 is 1. The number of aromatic nitrogens is 1. The summed E-state index contributed by atoms with van der Waals surface area (Å²) in [7, 11) is 1.68. The van der Waals surface area contributed by atoms with Crippen molar-refractivity contribution in [3.05, 3.63) is 47.7 Å². The summed E-state index contributed by atoms with van der Waals surface area (Å²) >= 11 is 0. The van der Waals surface area contributed by atoms with E-state index in [4.69, 9.17) is 15.7 Å². The van der Waals surface area contributed by atoms with Gasteiger partial charge in [0.1, 0.15) is 6.07 Å². The Kier molecular flexibility index (Phi) is 4.53. The number of ether oxygens (including phenoxy) is 1. The molecule has 102 valence electrons. The van der Waals surface area contributed by atoms with E-state index in [0.717, 1.165) is 17.7 Å². The van der Waals surface area contributed by atoms with Gasteiger partial charge in [-0.1, -0.05) is 18.2 Å². The van der Waals surface area contributed by atoms with Crippen LogP contribution in [0.3, 0.4) is 0 Å². The molecule has 0 fully saturated rings. The van der Waals surface area contributed by atoms with E-state index in [1.165, 1.54) is 6.20 Å². The number of nitrogens with zero attached hydrogens (tertiary/aromatic N) is 2. The molecular weight excluding hydrogens is 252 g/mol. The molecule has 5 nitrogen and oxygen atoms in total. The molecule has 0 saturated carbocycles. The first-order valence-electron chi connectivity index (χ1n) is 6.24. The third kappa shape index (κ3) is 3.25. The van der Waals surface area contributed by atoms with Gasteiger partial charge in [0.2, 0.25) is 0 Å². The van der Waals surface area contributed by atoms with Crippen LogP contribution in [0.1, 0.15) is 11.1 Å². The molecule has 1 heterocycles. The molecule has 0 radical (unpaired) electrons. The van der Waals surface area contributed by atoms with Crippen LogP contribution in [0.2, 0.25) is 0 Å². The van der Waals surface area contributed by atoms with Gasteiger partial charge in [-0.15, -0.1) is 0 Å². The minimum Gasteiger partial charge on any atom is -0.396 e. The van der Waals surface area contributed by atoms with E-state index in [1.807, 2.05) is 30.3 Å². The summed E-state index contributed by atoms with van der Waals surface area (Å²) in [6.07, 6.45) is 2.30. The second-order valence-corrected chi connectivity index (χ2v) is 4.30. The summed E-state index contributed by atoms with van der Waals surface area (Å²) < 4.78 is 5.10. The van der Waals surface area contributed by atoms with Crippen molar-refractivity contribution < 1.29 is 4.74 Å². The molecule has 1 aromatic heterocycles. The van der Waals surface area contributed by atoms with Gasteiger partial charge in [0.05, 0.1) is 17.9 Å². The predicted molar refractivity (Wildman–Crippen MR) is 78.7 cm³/mol. The molecule has 2 aromatic rings. The van der Waals surface area contributed by atoms with Crippen molar-refractivity contribution in [3.63, 3.8) is 0 Å². The molecule has 0 unspecified atom stereocenters. The second kappa shape index (κ2) is 6.55. The second-order valence-electron chi connectivity index (χ2n) is 4.30. The summed E-state index contributed by atoms with van der Waals surface area (Å²) in [5.74, 6) is 0.550. The lowest BCUT2D eigenvalue weighted by molar-refractivity contribution is 0.202. The van der Waals surface area contributed by atoms with Crippen LogP contribution in [0.15, 0.2) is 36.5 Å². The average molecular weight is 268 g/mol. The minimum absolute atomic E-state index is 0.445. The van der Waals surface area contributed by atoms with Gasteiger partial charge in [0.25, 0.3) is 0 Å². The molecule has 0 spiro atoms. The summed E-state index contributed by atoms with van der Waals surface area (Å²) in [6, 6.07) is 11.5. The Labute approximate surface area is 118 Å². The van der Waals surface area contributed by atoms with E-state index in [0.29, 0.717) is 23.7 Å². The lowest BCUT2D eigenvalue weighted by Crippen LogP contribution is -2.03. The first-order valence-corrected chi connectivity index (χ1v) is 6.24. The maximum Gasteiger partial charge on any atom is 0.153 e. The lowest BCUT2D eigenvalue weighted by atomic mass is 10.1. The van der Waals surface area contributed by atoms with Crippen molar-refractivity contribution in [3.8, 4) is 6.07 Å². The molecule has 0 atom stereocenters. The quantitative estimate of drug-likeness (QED) is 0.870. The third-order valence-corrected chi connectivity index (χ3v) is 2.89. The van der Waals surface area contributed by atoms with Crippen molar-refractivity contribution in [1.82, 2.24) is 4.98 Å². The van der Waals surface area contributed by atoms with Gasteiger partial charge in [-0.3, -0.25) is 0 Å². The molecular formula is C15H16N4O. The third-order valence-electron chi connectivity index (χ3n) is 2.89. The van der Waals surface area contributed by atoms with E-state index in [1.54, 1.807) is 13.2 Å². The van der Waals surface area contributed by atoms with E-state index in [2.05, 4.69) is 10.3 Å². The van der Waals surface area contributed by atoms with Crippen LogP contribution >= 0.6 is 0 Å². The van der Waals surface area contributed by atoms with Crippen molar-refractivity contribution in [2.45, 2.75) is 6.42 Å². The smallest absolute Gasteiger partial charge is 0.153 e. The highest BCUT2D eigenvalue weighted by Gasteiger charge is 2.06. The van der Waals surface area contributed by atoms with E-state index in [9.17, 15) is 0 Å². The van der Waals surface area contributed by atoms with Crippen LogP contribution < -0.4 is 11.1 Å². The Morgan fingerprint density at radius 2 is 2.20 bits per heavy atom. The largest absolute Gasteiger partial charge is 0.396 e. The maximum absolute atomic E-state index is 8.80. The standard InChI is InChI=1S/C15H16N4O/c1-20-7-6-12-4-2-3-5-14(12)19-15-13(17)8-11(9-16)10-18-15/h2-5,8,10H,6-7,17H2,1H3,(H,18,19). The number of hydrogen-bond acceptors (Lipinski definition) is 5. The number of pyridine rings is 1. The zero-order valence-corrected chi connectivity index (χ0v) is 11.3. The van der Waals surface area contributed by atoms with Crippen molar-refractivity contribution in [2.75, 3.05) is 24.8 Å². The fourth-order valence-corrected chi connectivity index (χ4v) is 1.85. The molecule has 0 aliphatic rings. The number of nitrogens with one attached hydrogen (secondary N) is 1. The first-order chi connectivity index (χ1) is 9.74. The molecule has 1 aromatic carbocycles. The zero-order chi connectivity index (χ0) is 14.4. The van der Waals surface area contributed by atoms with Gasteiger partial charge in [-0.25, -0.2) is 4.98 Å². The fraction of sp³-hybridized carbons (Fsp3) is 0.200. The van der Waals surface area contributed by atoms with E-state index >= 15 is 0 Å². The summed E-state index contributed by atoms with van der Waals surface area (Å²) in [6.45, 7) is 0.648. The number of para-hydroxylation sites is 1. The Hall–Kier alpha value is -2.58. The van der Waals surface area contributed by atoms with Gasteiger partial charge < -0.3 is 15.8 Å². The summed E-state index contributed by atoms with van der Waals surface area (Å²) in [4.78, 5) is 4.18. The number of hydrogen-bond donors (Lipinski definition) is 2. The highest BCUT2D eigenvalue weighted by atomic mass is 16.5. The molecule has 0 bridgehead atoms. The van der Waals surface area contributed by atoms with E-state index in [-0.39, 0.29) is 0 Å². The van der Waals surface area contributed by atoms with Crippen molar-refractivity contribution in [2.24, 2.45) is 0 Å². The Balaban J connectivity index is 2.24. The van der Waals surface area contributed by atoms with Gasteiger partial charge in [0.15, 0.2) is 5.82 Å². The topological polar surface area (TPSA) is 84.0 Å². The SMILES string of the molecule is COCCc1ccccc1Nc1ncc(C#N)cc1N. The van der Waals surface area contributed by atoms with Crippen LogP contribution in [0.4, 0.5) is 17.2 Å². The Bertz CT molecular complexity index is 634. The summed E-state index contributed by atoms with van der Waals surface area (Å²) in [5, 5.41) is 12.0. The molecule has 3 N–H and O–H groups in total. The zero-order valence-electron chi connectivity index (χ0n) is 11.3. The molecule has 0 amide bonds. The summed E-state index contributed by atoms with van der Waals surface area (Å²) in [5.41, 5.74) is 8.85. The number of nitrogens with two attached hydrogens (primary N) is 1. The van der Waals surface area contributed by atoms with Gasteiger partial charge >= 0.3 is 0 Å². The number of nitrogen functional groups attached to an aromatic ring is 1. The number of nitriles is 1. The fourth-order valence-electron chi connectivity index (χ4n) is 1.85. The Morgan fingerprint density at radius 1 is 1.40 bits per heavy atom. The molecule has 0 aliphatic heterocycles. The maximum atomic E-state index is 8.80.